The summed E-state index contributed by atoms with van der Waals surface area (Å²) in [6.45, 7) is 1.70. The van der Waals surface area contributed by atoms with Crippen LogP contribution >= 0.6 is 11.8 Å². The molecule has 1 saturated heterocycles. The largest absolute Gasteiger partial charge is 0.477 e. The Balaban J connectivity index is 1.68. The molecule has 3 aliphatic rings. The number of carboxylic acids is 1. The Hall–Kier alpha value is -2.06. The molecule has 0 aromatic heterocycles. The third-order valence-electron chi connectivity index (χ3n) is 4.38. The van der Waals surface area contributed by atoms with Crippen LogP contribution in [0.25, 0.3) is 0 Å². The Labute approximate surface area is 143 Å². The number of nitrogens with zero attached hydrogens (tertiary/aromatic N) is 1. The van der Waals surface area contributed by atoms with Crippen LogP contribution in [-0.2, 0) is 14.4 Å². The molecule has 7 nitrogen and oxygen atoms in total. The standard InChI is InChI=1S/C16H19N3O4S/c1-8-7-24-15-11(14(21)19(15)12(8)16(22)23)18-13(20)10(17)9-5-3-2-4-6-9/h2-3,6,10-11,15H,4-5,7,17H2,1H3,(H,18,20)(H,22,23)/t10-,11+,15?/m0/s1. The van der Waals surface area contributed by atoms with E-state index in [2.05, 4.69) is 5.32 Å². The number of carbonyl (C=O) groups excluding carboxylic acids is 2. The van der Waals surface area contributed by atoms with E-state index in [1.807, 2.05) is 18.2 Å². The van der Waals surface area contributed by atoms with E-state index < -0.39 is 29.9 Å². The zero-order valence-electron chi connectivity index (χ0n) is 13.2. The first kappa shape index (κ1) is 16.8. The number of carboxylic acid groups (broad SMARTS) is 1. The number of fused-ring (bicyclic) bond motifs is 1. The van der Waals surface area contributed by atoms with Gasteiger partial charge in [-0.3, -0.25) is 14.5 Å². The first-order chi connectivity index (χ1) is 11.4. The van der Waals surface area contributed by atoms with Crippen LogP contribution in [0.15, 0.2) is 35.1 Å². The molecule has 1 unspecified atom stereocenters. The molecule has 8 heteroatoms. The SMILES string of the molecule is CC1=C(C(=O)O)N2C(=O)[C@@H](NC(=O)[C@@H](N)C3=CCC=CC3)C2SC1. The van der Waals surface area contributed by atoms with Crippen LogP contribution in [-0.4, -0.2) is 51.0 Å². The summed E-state index contributed by atoms with van der Waals surface area (Å²) < 4.78 is 0. The van der Waals surface area contributed by atoms with Crippen LogP contribution in [0.3, 0.4) is 0 Å². The van der Waals surface area contributed by atoms with Gasteiger partial charge in [-0.2, -0.15) is 0 Å². The molecule has 2 aliphatic heterocycles. The van der Waals surface area contributed by atoms with Crippen molar-refractivity contribution in [3.63, 3.8) is 0 Å². The lowest BCUT2D eigenvalue weighted by Gasteiger charge is -2.49. The number of nitrogens with two attached hydrogens (primary N) is 1. The van der Waals surface area contributed by atoms with E-state index in [1.54, 1.807) is 6.92 Å². The fourth-order valence-corrected chi connectivity index (χ4v) is 4.35. The number of allylic oxidation sites excluding steroid dienone is 3. The van der Waals surface area contributed by atoms with Gasteiger partial charge in [-0.25, -0.2) is 4.79 Å². The first-order valence-corrected chi connectivity index (χ1v) is 8.74. The van der Waals surface area contributed by atoms with Gasteiger partial charge in [0.15, 0.2) is 0 Å². The Morgan fingerprint density at radius 3 is 2.83 bits per heavy atom. The summed E-state index contributed by atoms with van der Waals surface area (Å²) in [5.74, 6) is -1.41. The van der Waals surface area contributed by atoms with Gasteiger partial charge in [0, 0.05) is 5.75 Å². The number of aliphatic carboxylic acids is 1. The molecular formula is C16H19N3O4S. The summed E-state index contributed by atoms with van der Waals surface area (Å²) in [6, 6.07) is -1.52. The molecule has 0 saturated carbocycles. The molecule has 4 N–H and O–H groups in total. The lowest BCUT2D eigenvalue weighted by atomic mass is 9.97. The maximum absolute atomic E-state index is 12.3. The minimum absolute atomic E-state index is 0.0265. The van der Waals surface area contributed by atoms with E-state index >= 15 is 0 Å². The molecule has 128 valence electrons. The zero-order valence-corrected chi connectivity index (χ0v) is 14.0. The number of hydrogen-bond donors (Lipinski definition) is 3. The highest BCUT2D eigenvalue weighted by atomic mass is 32.2. The van der Waals surface area contributed by atoms with Gasteiger partial charge >= 0.3 is 5.97 Å². The van der Waals surface area contributed by atoms with Gasteiger partial charge in [0.25, 0.3) is 5.91 Å². The van der Waals surface area contributed by atoms with Gasteiger partial charge in [-0.15, -0.1) is 11.8 Å². The van der Waals surface area contributed by atoms with Crippen molar-refractivity contribution < 1.29 is 19.5 Å². The van der Waals surface area contributed by atoms with Crippen molar-refractivity contribution in [2.75, 3.05) is 5.75 Å². The summed E-state index contributed by atoms with van der Waals surface area (Å²) >= 11 is 1.45. The topological polar surface area (TPSA) is 113 Å². The predicted molar refractivity (Wildman–Crippen MR) is 89.8 cm³/mol. The number of nitrogens with one attached hydrogen (secondary N) is 1. The van der Waals surface area contributed by atoms with E-state index in [0.29, 0.717) is 17.7 Å². The number of rotatable bonds is 4. The van der Waals surface area contributed by atoms with Crippen LogP contribution in [0.1, 0.15) is 19.8 Å². The minimum Gasteiger partial charge on any atom is -0.477 e. The van der Waals surface area contributed by atoms with Gasteiger partial charge in [0.2, 0.25) is 5.91 Å². The van der Waals surface area contributed by atoms with Crippen molar-refractivity contribution in [3.05, 3.63) is 35.1 Å². The average molecular weight is 349 g/mol. The number of amides is 2. The van der Waals surface area contributed by atoms with E-state index in [9.17, 15) is 19.5 Å². The molecule has 3 rings (SSSR count). The summed E-state index contributed by atoms with van der Waals surface area (Å²) in [7, 11) is 0. The van der Waals surface area contributed by atoms with E-state index in [-0.39, 0.29) is 11.1 Å². The highest BCUT2D eigenvalue weighted by Gasteiger charge is 2.53. The van der Waals surface area contributed by atoms with Gasteiger partial charge in [-0.05, 0) is 30.9 Å². The molecule has 2 heterocycles. The van der Waals surface area contributed by atoms with Crippen LogP contribution in [0.4, 0.5) is 0 Å². The third kappa shape index (κ3) is 2.76. The van der Waals surface area contributed by atoms with Gasteiger partial charge in [0.1, 0.15) is 23.2 Å². The Bertz CT molecular complexity index is 697. The number of hydrogen-bond acceptors (Lipinski definition) is 5. The molecule has 1 fully saturated rings. The molecular weight excluding hydrogens is 330 g/mol. The lowest BCUT2D eigenvalue weighted by molar-refractivity contribution is -0.150. The van der Waals surface area contributed by atoms with Crippen LogP contribution < -0.4 is 11.1 Å². The fourth-order valence-electron chi connectivity index (χ4n) is 3.06. The van der Waals surface area contributed by atoms with Gasteiger partial charge in [-0.1, -0.05) is 18.2 Å². The first-order valence-electron chi connectivity index (χ1n) is 7.69. The van der Waals surface area contributed by atoms with Crippen molar-refractivity contribution in [1.29, 1.82) is 0 Å². The lowest BCUT2D eigenvalue weighted by Crippen LogP contribution is -2.71. The second kappa shape index (κ2) is 6.45. The molecule has 2 amide bonds. The van der Waals surface area contributed by atoms with Crippen molar-refractivity contribution in [3.8, 4) is 0 Å². The molecule has 0 radical (unpaired) electrons. The number of carbonyl (C=O) groups is 3. The molecule has 0 spiro atoms. The van der Waals surface area contributed by atoms with E-state index in [4.69, 9.17) is 5.73 Å². The molecule has 1 aliphatic carbocycles. The maximum atomic E-state index is 12.3. The normalized spacial score (nSPS) is 27.2. The molecule has 0 aromatic rings. The van der Waals surface area contributed by atoms with Gasteiger partial charge in [0.05, 0.1) is 0 Å². The Kier molecular flexibility index (Phi) is 4.51. The zero-order chi connectivity index (χ0) is 17.4. The summed E-state index contributed by atoms with van der Waals surface area (Å²) in [6.07, 6.45) is 7.26. The van der Waals surface area contributed by atoms with Crippen LogP contribution in [0.5, 0.6) is 0 Å². The minimum atomic E-state index is -1.12. The second-order valence-electron chi connectivity index (χ2n) is 6.00. The van der Waals surface area contributed by atoms with E-state index in [1.165, 1.54) is 16.7 Å². The number of thioether (sulfide) groups is 1. The summed E-state index contributed by atoms with van der Waals surface area (Å²) in [5, 5.41) is 11.6. The molecule has 3 atom stereocenters. The van der Waals surface area contributed by atoms with Crippen molar-refractivity contribution >= 4 is 29.5 Å². The molecule has 0 bridgehead atoms. The second-order valence-corrected chi connectivity index (χ2v) is 7.10. The van der Waals surface area contributed by atoms with Crippen LogP contribution in [0, 0.1) is 0 Å². The quantitative estimate of drug-likeness (QED) is 0.499. The highest BCUT2D eigenvalue weighted by Crippen LogP contribution is 2.40. The number of β-lactam (4-membered cyclic amide) rings is 1. The van der Waals surface area contributed by atoms with Gasteiger partial charge < -0.3 is 16.2 Å². The van der Waals surface area contributed by atoms with Crippen molar-refractivity contribution in [1.82, 2.24) is 10.2 Å². The molecule has 0 aromatic carbocycles. The average Bonchev–Trinajstić information content (AvgIpc) is 2.59. The smallest absolute Gasteiger partial charge is 0.352 e. The van der Waals surface area contributed by atoms with Crippen molar-refractivity contribution in [2.24, 2.45) is 5.73 Å². The third-order valence-corrected chi connectivity index (χ3v) is 5.80. The highest BCUT2D eigenvalue weighted by molar-refractivity contribution is 8.00. The predicted octanol–water partition coefficient (Wildman–Crippen LogP) is 0.349. The summed E-state index contributed by atoms with van der Waals surface area (Å²) in [4.78, 5) is 37.3. The Morgan fingerprint density at radius 2 is 2.21 bits per heavy atom. The monoisotopic (exact) mass is 349 g/mol. The van der Waals surface area contributed by atoms with Crippen LogP contribution in [0.2, 0.25) is 0 Å². The summed E-state index contributed by atoms with van der Waals surface area (Å²) in [5.41, 5.74) is 7.49. The fraction of sp³-hybridized carbons (Fsp3) is 0.438. The van der Waals surface area contributed by atoms with E-state index in [0.717, 1.165) is 12.0 Å². The van der Waals surface area contributed by atoms with Crippen molar-refractivity contribution in [2.45, 2.75) is 37.2 Å². The maximum Gasteiger partial charge on any atom is 0.352 e. The molecule has 24 heavy (non-hydrogen) atoms. The Morgan fingerprint density at radius 1 is 1.46 bits per heavy atom.